The molecule has 2 aromatic heterocycles. The number of rotatable bonds is 3. The number of benzene rings is 1. The number of aryl methyl sites for hydroxylation is 1. The first kappa shape index (κ1) is 19.0. The van der Waals surface area contributed by atoms with Gasteiger partial charge in [-0.15, -0.1) is 0 Å². The maximum Gasteiger partial charge on any atom is 0.258 e. The van der Waals surface area contributed by atoms with Crippen molar-refractivity contribution in [3.05, 3.63) is 47.1 Å². The van der Waals surface area contributed by atoms with Gasteiger partial charge >= 0.3 is 0 Å². The SMILES string of the molecule is CN(c1cnc(-c2ccc3c(=O)n(C)ccc3c2O)cn1)[C@@H]1CC2CC[C@H](N2)[C@@H]1F. The third-order valence-corrected chi connectivity index (χ3v) is 6.56. The summed E-state index contributed by atoms with van der Waals surface area (Å²) < 4.78 is 16.3. The van der Waals surface area contributed by atoms with Crippen molar-refractivity contribution in [1.82, 2.24) is 19.9 Å². The Labute approximate surface area is 173 Å². The van der Waals surface area contributed by atoms with Crippen LogP contribution in [0.5, 0.6) is 5.75 Å². The standard InChI is InChI=1S/C22H24FN5O2/c1-27-8-7-13-14(22(27)30)4-5-15(21(13)29)17-10-25-19(11-24-17)28(2)18-9-12-3-6-16(26-12)20(18)23/h4-5,7-8,10-12,16,18,20,26,29H,3,6,9H2,1-2H3/t12?,16-,18+,20-/m0/s1. The number of anilines is 1. The Bertz CT molecular complexity index is 1160. The number of phenolic OH excluding ortho intramolecular Hbond substituents is 1. The van der Waals surface area contributed by atoms with E-state index in [0.29, 0.717) is 33.9 Å². The van der Waals surface area contributed by atoms with Gasteiger partial charge in [0.15, 0.2) is 0 Å². The monoisotopic (exact) mass is 409 g/mol. The average Bonchev–Trinajstić information content (AvgIpc) is 3.17. The second kappa shape index (κ2) is 7.05. The molecular formula is C22H24FN5O2. The van der Waals surface area contributed by atoms with Crippen molar-refractivity contribution in [2.75, 3.05) is 11.9 Å². The van der Waals surface area contributed by atoms with Crippen LogP contribution in [0.2, 0.25) is 0 Å². The fourth-order valence-corrected chi connectivity index (χ4v) is 4.77. The molecule has 8 heteroatoms. The zero-order valence-electron chi connectivity index (χ0n) is 16.9. The topological polar surface area (TPSA) is 83.3 Å². The third kappa shape index (κ3) is 2.94. The van der Waals surface area contributed by atoms with Crippen molar-refractivity contribution in [3.63, 3.8) is 0 Å². The summed E-state index contributed by atoms with van der Waals surface area (Å²) in [6, 6.07) is 5.13. The number of nitrogens with zero attached hydrogens (tertiary/aromatic N) is 4. The van der Waals surface area contributed by atoms with Gasteiger partial charge in [-0.2, -0.15) is 0 Å². The molecule has 1 aromatic carbocycles. The maximum absolute atomic E-state index is 14.9. The lowest BCUT2D eigenvalue weighted by molar-refractivity contribution is 0.176. The van der Waals surface area contributed by atoms with Crippen LogP contribution in [0.1, 0.15) is 19.3 Å². The van der Waals surface area contributed by atoms with Crippen LogP contribution in [0, 0.1) is 0 Å². The summed E-state index contributed by atoms with van der Waals surface area (Å²) >= 11 is 0. The molecule has 2 N–H and O–H groups in total. The second-order valence-electron chi connectivity index (χ2n) is 8.32. The highest BCUT2D eigenvalue weighted by atomic mass is 19.1. The van der Waals surface area contributed by atoms with E-state index < -0.39 is 6.17 Å². The van der Waals surface area contributed by atoms with E-state index in [0.717, 1.165) is 19.3 Å². The van der Waals surface area contributed by atoms with Gasteiger partial charge in [-0.25, -0.2) is 9.37 Å². The zero-order valence-corrected chi connectivity index (χ0v) is 16.9. The highest BCUT2D eigenvalue weighted by molar-refractivity contribution is 5.93. The highest BCUT2D eigenvalue weighted by Gasteiger charge is 2.43. The number of pyridine rings is 1. The molecule has 0 amide bonds. The molecule has 1 unspecified atom stereocenters. The molecule has 2 bridgehead atoms. The summed E-state index contributed by atoms with van der Waals surface area (Å²) in [6.45, 7) is 0. The van der Waals surface area contributed by atoms with Crippen LogP contribution in [0.25, 0.3) is 22.0 Å². The van der Waals surface area contributed by atoms with E-state index in [9.17, 15) is 14.3 Å². The molecule has 4 heterocycles. The first-order chi connectivity index (χ1) is 14.4. The van der Waals surface area contributed by atoms with Crippen LogP contribution in [0.15, 0.2) is 41.6 Å². The van der Waals surface area contributed by atoms with Crippen LogP contribution < -0.4 is 15.8 Å². The summed E-state index contributed by atoms with van der Waals surface area (Å²) in [4.78, 5) is 23.1. The minimum atomic E-state index is -0.942. The number of aromatic nitrogens is 3. The Morgan fingerprint density at radius 2 is 2.03 bits per heavy atom. The third-order valence-electron chi connectivity index (χ3n) is 6.56. The van der Waals surface area contributed by atoms with Gasteiger partial charge in [-0.1, -0.05) is 0 Å². The summed E-state index contributed by atoms with van der Waals surface area (Å²) in [7, 11) is 3.53. The van der Waals surface area contributed by atoms with Crippen LogP contribution in [-0.2, 0) is 7.05 Å². The molecule has 4 atom stereocenters. The second-order valence-corrected chi connectivity index (χ2v) is 8.32. The normalized spacial score (nSPS) is 25.6. The smallest absolute Gasteiger partial charge is 0.258 e. The number of nitrogens with one attached hydrogen (secondary N) is 1. The lowest BCUT2D eigenvalue weighted by Crippen LogP contribution is -2.55. The van der Waals surface area contributed by atoms with E-state index in [1.165, 1.54) is 4.57 Å². The fraction of sp³-hybridized carbons (Fsp3) is 0.409. The highest BCUT2D eigenvalue weighted by Crippen LogP contribution is 2.35. The van der Waals surface area contributed by atoms with E-state index in [4.69, 9.17) is 0 Å². The van der Waals surface area contributed by atoms with E-state index in [-0.39, 0.29) is 23.4 Å². The molecule has 2 aliphatic heterocycles. The molecule has 7 nitrogen and oxygen atoms in total. The van der Waals surface area contributed by atoms with Crippen LogP contribution in [0.3, 0.4) is 0 Å². The summed E-state index contributed by atoms with van der Waals surface area (Å²) in [6.07, 6.45) is 6.52. The van der Waals surface area contributed by atoms with Crippen molar-refractivity contribution in [2.45, 2.75) is 43.6 Å². The van der Waals surface area contributed by atoms with Gasteiger partial charge in [0.25, 0.3) is 5.56 Å². The minimum Gasteiger partial charge on any atom is -0.507 e. The Morgan fingerprint density at radius 1 is 1.20 bits per heavy atom. The number of hydrogen-bond acceptors (Lipinski definition) is 6. The number of hydrogen-bond donors (Lipinski definition) is 2. The minimum absolute atomic E-state index is 0.000595. The van der Waals surface area contributed by atoms with Crippen molar-refractivity contribution < 1.29 is 9.50 Å². The van der Waals surface area contributed by atoms with Gasteiger partial charge in [-0.3, -0.25) is 9.78 Å². The van der Waals surface area contributed by atoms with Gasteiger partial charge in [0.05, 0.1) is 29.5 Å². The summed E-state index contributed by atoms with van der Waals surface area (Å²) in [5, 5.41) is 15.0. The molecule has 2 aliphatic rings. The number of phenols is 1. The molecule has 0 saturated carbocycles. The molecule has 30 heavy (non-hydrogen) atoms. The maximum atomic E-state index is 14.9. The zero-order chi connectivity index (χ0) is 21.0. The molecule has 3 aromatic rings. The predicted molar refractivity (Wildman–Crippen MR) is 114 cm³/mol. The van der Waals surface area contributed by atoms with E-state index >= 15 is 0 Å². The number of aromatic hydroxyl groups is 1. The van der Waals surface area contributed by atoms with Gasteiger partial charge in [0.2, 0.25) is 0 Å². The van der Waals surface area contributed by atoms with E-state index in [1.54, 1.807) is 43.8 Å². The van der Waals surface area contributed by atoms with Crippen LogP contribution >= 0.6 is 0 Å². The van der Waals surface area contributed by atoms with Gasteiger partial charge in [0, 0.05) is 43.3 Å². The van der Waals surface area contributed by atoms with Gasteiger partial charge in [-0.05, 0) is 37.5 Å². The number of halogens is 1. The molecule has 0 radical (unpaired) electrons. The molecule has 0 aliphatic carbocycles. The van der Waals surface area contributed by atoms with E-state index in [2.05, 4.69) is 15.3 Å². The molecule has 2 saturated heterocycles. The van der Waals surface area contributed by atoms with Crippen molar-refractivity contribution in [2.24, 2.45) is 7.05 Å². The van der Waals surface area contributed by atoms with Crippen LogP contribution in [0.4, 0.5) is 10.2 Å². The fourth-order valence-electron chi connectivity index (χ4n) is 4.77. The molecule has 2 fully saturated rings. The summed E-state index contributed by atoms with van der Waals surface area (Å²) in [5.41, 5.74) is 0.823. The van der Waals surface area contributed by atoms with E-state index in [1.807, 2.05) is 11.9 Å². The van der Waals surface area contributed by atoms with Crippen LogP contribution in [-0.4, -0.2) is 51.0 Å². The van der Waals surface area contributed by atoms with Gasteiger partial charge in [0.1, 0.15) is 17.7 Å². The first-order valence-corrected chi connectivity index (χ1v) is 10.2. The Hall–Kier alpha value is -3.00. The molecule has 5 rings (SSSR count). The Kier molecular flexibility index (Phi) is 4.47. The van der Waals surface area contributed by atoms with Crippen molar-refractivity contribution in [1.29, 1.82) is 0 Å². The summed E-state index contributed by atoms with van der Waals surface area (Å²) in [5.74, 6) is 0.598. The Morgan fingerprint density at radius 3 is 2.80 bits per heavy atom. The predicted octanol–water partition coefficient (Wildman–Crippen LogP) is 2.37. The Balaban J connectivity index is 1.44. The van der Waals surface area contributed by atoms with Gasteiger partial charge < -0.3 is 19.9 Å². The number of fused-ring (bicyclic) bond motifs is 3. The lowest BCUT2D eigenvalue weighted by Gasteiger charge is -2.38. The average molecular weight is 409 g/mol. The quantitative estimate of drug-likeness (QED) is 0.691. The number of piperidine rings is 1. The number of alkyl halides is 1. The lowest BCUT2D eigenvalue weighted by atomic mass is 9.96. The van der Waals surface area contributed by atoms with Crippen molar-refractivity contribution >= 4 is 16.6 Å². The first-order valence-electron chi connectivity index (χ1n) is 10.2. The van der Waals surface area contributed by atoms with Crippen molar-refractivity contribution in [3.8, 4) is 17.0 Å². The molecule has 156 valence electrons. The largest absolute Gasteiger partial charge is 0.507 e. The molecule has 0 spiro atoms. The molecular weight excluding hydrogens is 385 g/mol.